The number of carbonyl (C=O) groups excluding carboxylic acids is 1. The van der Waals surface area contributed by atoms with Crippen molar-refractivity contribution < 1.29 is 38.1 Å². The summed E-state index contributed by atoms with van der Waals surface area (Å²) in [6, 6.07) is 20.9. The number of rotatable bonds is 10. The van der Waals surface area contributed by atoms with Crippen molar-refractivity contribution in [1.29, 1.82) is 0 Å². The van der Waals surface area contributed by atoms with Gasteiger partial charge in [-0.3, -0.25) is 0 Å². The highest BCUT2D eigenvalue weighted by atomic mass is 28.4. The van der Waals surface area contributed by atoms with Gasteiger partial charge in [-0.2, -0.15) is 0 Å². The maximum Gasteiger partial charge on any atom is 0.407 e. The van der Waals surface area contributed by atoms with Crippen molar-refractivity contribution >= 4 is 20.4 Å². The van der Waals surface area contributed by atoms with Crippen LogP contribution in [-0.2, 0) is 15.6 Å². The van der Waals surface area contributed by atoms with Gasteiger partial charge >= 0.3 is 12.1 Å². The molecular formula is C36H45NO8Si. The molecule has 2 heterocycles. The molecule has 2 atom stereocenters. The Bertz CT molecular complexity index is 1570. The molecule has 0 fully saturated rings. The number of carbonyl (C=O) groups is 2. The number of fused-ring (bicyclic) bond motifs is 2. The van der Waals surface area contributed by atoms with Gasteiger partial charge in [-0.05, 0) is 84.1 Å². The maximum atomic E-state index is 12.5. The molecule has 1 unspecified atom stereocenters. The van der Waals surface area contributed by atoms with E-state index in [9.17, 15) is 14.7 Å². The molecule has 0 saturated heterocycles. The summed E-state index contributed by atoms with van der Waals surface area (Å²) in [7, 11) is -2.22. The first-order valence-corrected chi connectivity index (χ1v) is 18.7. The molecule has 0 aromatic heterocycles. The summed E-state index contributed by atoms with van der Waals surface area (Å²) in [5, 5.41) is 10.2. The number of para-hydroxylation sites is 1. The van der Waals surface area contributed by atoms with Crippen LogP contribution >= 0.6 is 0 Å². The number of cyclic esters (lactones) is 1. The molecule has 0 aliphatic carbocycles. The minimum absolute atomic E-state index is 0.0460. The van der Waals surface area contributed by atoms with Crippen LogP contribution in [0, 0.1) is 0 Å². The third-order valence-corrected chi connectivity index (χ3v) is 13.4. The summed E-state index contributed by atoms with van der Waals surface area (Å²) in [5.41, 5.74) is 3.33. The molecule has 2 aliphatic rings. The number of carboxylic acid groups (broad SMARTS) is 1. The Balaban J connectivity index is 1.28. The van der Waals surface area contributed by atoms with Crippen LogP contribution in [0.1, 0.15) is 57.0 Å². The normalized spacial score (nSPS) is 17.8. The zero-order valence-electron chi connectivity index (χ0n) is 27.8. The number of nitrogens with zero attached hydrogens (tertiary/aromatic N) is 1. The van der Waals surface area contributed by atoms with Gasteiger partial charge in [-0.15, -0.1) is 0 Å². The Morgan fingerprint density at radius 3 is 2.41 bits per heavy atom. The number of hydrogen-bond donors (Lipinski definition) is 1. The van der Waals surface area contributed by atoms with E-state index in [4.69, 9.17) is 23.4 Å². The van der Waals surface area contributed by atoms with E-state index in [0.717, 1.165) is 28.9 Å². The largest absolute Gasteiger partial charge is 0.491 e. The fourth-order valence-electron chi connectivity index (χ4n) is 5.42. The first-order chi connectivity index (χ1) is 21.6. The van der Waals surface area contributed by atoms with Crippen LogP contribution in [0.25, 0.3) is 11.1 Å². The fraction of sp³-hybridized carbons (Fsp3) is 0.444. The zero-order chi connectivity index (χ0) is 33.3. The average molecular weight is 648 g/mol. The van der Waals surface area contributed by atoms with E-state index >= 15 is 0 Å². The Morgan fingerprint density at radius 2 is 1.72 bits per heavy atom. The molecule has 3 aromatic rings. The zero-order valence-corrected chi connectivity index (χ0v) is 28.8. The molecule has 10 heteroatoms. The first kappa shape index (κ1) is 33.3. The molecule has 2 aliphatic heterocycles. The van der Waals surface area contributed by atoms with Gasteiger partial charge in [0.1, 0.15) is 35.5 Å². The molecule has 0 spiro atoms. The standard InChI is InChI=1S/C36H45NO8Si/c1-35(2,3)46(6,7)45-29(23-41-27-11-9-8-10-12-27)22-37(34(39)40)21-28-16-13-26-19-24(15-18-31(26)42-28)25-14-17-30-32(20-25)43-36(4,5)44-33(30)38/h8-12,14-15,17-20,28-29H,13,16,21-23H2,1-7H3,(H,39,40)/t28-,29?/m0/s1. The van der Waals surface area contributed by atoms with Crippen LogP contribution in [0.15, 0.2) is 66.7 Å². The summed E-state index contributed by atoms with van der Waals surface area (Å²) in [4.78, 5) is 26.3. The van der Waals surface area contributed by atoms with Crippen molar-refractivity contribution in [3.63, 3.8) is 0 Å². The molecule has 5 rings (SSSR count). The quantitative estimate of drug-likeness (QED) is 0.176. The number of hydrogen-bond acceptors (Lipinski definition) is 7. The van der Waals surface area contributed by atoms with Crippen molar-refractivity contribution in [2.24, 2.45) is 0 Å². The van der Waals surface area contributed by atoms with Gasteiger partial charge in [0.25, 0.3) is 0 Å². The molecule has 3 aromatic carbocycles. The van der Waals surface area contributed by atoms with Gasteiger partial charge in [-0.25, -0.2) is 9.59 Å². The smallest absolute Gasteiger partial charge is 0.407 e. The molecule has 0 saturated carbocycles. The van der Waals surface area contributed by atoms with Gasteiger partial charge in [0.15, 0.2) is 8.32 Å². The SMILES string of the molecule is CC1(C)OC(=O)c2ccc(-c3ccc4c(c3)CC[C@@H](CN(CC(COc3ccccc3)O[Si](C)(C)C(C)(C)C)C(=O)O)O4)cc2O1. The van der Waals surface area contributed by atoms with Crippen LogP contribution in [0.2, 0.25) is 18.1 Å². The number of ether oxygens (including phenoxy) is 4. The van der Waals surface area contributed by atoms with Gasteiger partial charge in [0.2, 0.25) is 5.79 Å². The van der Waals surface area contributed by atoms with Crippen molar-refractivity contribution in [2.45, 2.75) is 83.6 Å². The highest BCUT2D eigenvalue weighted by Gasteiger charge is 2.40. The summed E-state index contributed by atoms with van der Waals surface area (Å²) < 4.78 is 30.3. The molecule has 1 N–H and O–H groups in total. The second kappa shape index (κ2) is 13.0. The minimum atomic E-state index is -2.22. The van der Waals surface area contributed by atoms with Crippen molar-refractivity contribution in [3.05, 3.63) is 77.9 Å². The Kier molecular flexibility index (Phi) is 9.42. The van der Waals surface area contributed by atoms with E-state index < -0.39 is 32.3 Å². The summed E-state index contributed by atoms with van der Waals surface area (Å²) in [6.45, 7) is 14.9. The van der Waals surface area contributed by atoms with Crippen molar-refractivity contribution in [2.75, 3.05) is 19.7 Å². The molecule has 1 amide bonds. The lowest BCUT2D eigenvalue weighted by Gasteiger charge is -2.40. The van der Waals surface area contributed by atoms with E-state index in [1.807, 2.05) is 54.6 Å². The molecular weight excluding hydrogens is 602 g/mol. The van der Waals surface area contributed by atoms with Crippen LogP contribution < -0.4 is 14.2 Å². The van der Waals surface area contributed by atoms with E-state index in [-0.39, 0.29) is 30.8 Å². The second-order valence-corrected chi connectivity index (χ2v) is 18.8. The fourth-order valence-corrected chi connectivity index (χ4v) is 6.75. The van der Waals surface area contributed by atoms with Crippen LogP contribution in [0.3, 0.4) is 0 Å². The third-order valence-electron chi connectivity index (χ3n) is 8.88. The Morgan fingerprint density at radius 1 is 1.02 bits per heavy atom. The van der Waals surface area contributed by atoms with Crippen LogP contribution in [0.4, 0.5) is 4.79 Å². The summed E-state index contributed by atoms with van der Waals surface area (Å²) >= 11 is 0. The van der Waals surface area contributed by atoms with Crippen molar-refractivity contribution in [1.82, 2.24) is 4.90 Å². The second-order valence-electron chi connectivity index (χ2n) is 14.0. The summed E-state index contributed by atoms with van der Waals surface area (Å²) in [6.07, 6.45) is -0.354. The predicted molar refractivity (Wildman–Crippen MR) is 178 cm³/mol. The molecule has 9 nitrogen and oxygen atoms in total. The van der Waals surface area contributed by atoms with E-state index in [0.29, 0.717) is 23.5 Å². The first-order valence-electron chi connectivity index (χ1n) is 15.8. The van der Waals surface area contributed by atoms with Crippen LogP contribution in [-0.4, -0.2) is 68.1 Å². The van der Waals surface area contributed by atoms with Gasteiger partial charge in [-0.1, -0.05) is 51.1 Å². The maximum absolute atomic E-state index is 12.5. The monoisotopic (exact) mass is 647 g/mol. The molecule has 46 heavy (non-hydrogen) atoms. The van der Waals surface area contributed by atoms with Crippen LogP contribution in [0.5, 0.6) is 17.2 Å². The van der Waals surface area contributed by atoms with Gasteiger partial charge < -0.3 is 33.4 Å². The number of esters is 1. The lowest BCUT2D eigenvalue weighted by Crippen LogP contribution is -2.51. The third kappa shape index (κ3) is 7.85. The number of aryl methyl sites for hydroxylation is 1. The number of amides is 1. The lowest BCUT2D eigenvalue weighted by atomic mass is 9.96. The molecule has 0 radical (unpaired) electrons. The average Bonchev–Trinajstić information content (AvgIpc) is 2.98. The minimum Gasteiger partial charge on any atom is -0.491 e. The Labute approximate surface area is 272 Å². The highest BCUT2D eigenvalue weighted by Crippen LogP contribution is 2.39. The molecule has 246 valence electrons. The van der Waals surface area contributed by atoms with E-state index in [1.54, 1.807) is 19.9 Å². The molecule has 0 bridgehead atoms. The Hall–Kier alpha value is -4.02. The highest BCUT2D eigenvalue weighted by molar-refractivity contribution is 6.74. The number of benzene rings is 3. The topological polar surface area (TPSA) is 104 Å². The summed E-state index contributed by atoms with van der Waals surface area (Å²) in [5.74, 6) is 0.517. The van der Waals surface area contributed by atoms with E-state index in [2.05, 4.69) is 39.9 Å². The van der Waals surface area contributed by atoms with Gasteiger partial charge in [0.05, 0.1) is 19.2 Å². The van der Waals surface area contributed by atoms with Crippen molar-refractivity contribution in [3.8, 4) is 28.4 Å². The van der Waals surface area contributed by atoms with Gasteiger partial charge in [0, 0.05) is 13.8 Å². The van der Waals surface area contributed by atoms with E-state index in [1.165, 1.54) is 4.90 Å². The predicted octanol–water partition coefficient (Wildman–Crippen LogP) is 7.78. The lowest BCUT2D eigenvalue weighted by molar-refractivity contribution is -0.127.